The number of carbonyl (C=O) groups excluding carboxylic acids is 1. The minimum Gasteiger partial charge on any atom is -0.424 e. The lowest BCUT2D eigenvalue weighted by Gasteiger charge is -2.14. The molecule has 0 aliphatic heterocycles. The van der Waals surface area contributed by atoms with Gasteiger partial charge in [0.1, 0.15) is 28.1 Å². The highest BCUT2D eigenvalue weighted by Gasteiger charge is 2.27. The normalized spacial score (nSPS) is 13.3. The Morgan fingerprint density at radius 1 is 1.27 bits per heavy atom. The van der Waals surface area contributed by atoms with E-state index in [0.29, 0.717) is 15.8 Å². The van der Waals surface area contributed by atoms with Crippen molar-refractivity contribution in [1.82, 2.24) is 10.0 Å². The van der Waals surface area contributed by atoms with Gasteiger partial charge in [-0.25, -0.2) is 17.4 Å². The lowest BCUT2D eigenvalue weighted by atomic mass is 10.2. The van der Waals surface area contributed by atoms with Gasteiger partial charge in [0.15, 0.2) is 0 Å². The van der Waals surface area contributed by atoms with E-state index in [0.717, 1.165) is 29.5 Å². The van der Waals surface area contributed by atoms with E-state index in [1.807, 2.05) is 4.72 Å². The molecule has 174 valence electrons. The maximum absolute atomic E-state index is 13.6. The molecule has 1 unspecified atom stereocenters. The van der Waals surface area contributed by atoms with Gasteiger partial charge in [-0.15, -0.1) is 11.3 Å². The Hall–Kier alpha value is -2.85. The highest BCUT2D eigenvalue weighted by molar-refractivity contribution is 7.92. The third-order valence-corrected chi connectivity index (χ3v) is 8.40. The second-order valence-corrected chi connectivity index (χ2v) is 11.5. The van der Waals surface area contributed by atoms with Crippen LogP contribution in [0.2, 0.25) is 0 Å². The summed E-state index contributed by atoms with van der Waals surface area (Å²) in [6.45, 7) is 0.115. The highest BCUT2D eigenvalue weighted by atomic mass is 32.2. The van der Waals surface area contributed by atoms with Crippen LogP contribution in [0, 0.1) is 17.1 Å². The summed E-state index contributed by atoms with van der Waals surface area (Å²) in [7, 11) is -7.07. The summed E-state index contributed by atoms with van der Waals surface area (Å²) >= 11 is 0.935. The quantitative estimate of drug-likeness (QED) is 0.319. The molecule has 2 aromatic carbocycles. The van der Waals surface area contributed by atoms with E-state index in [1.165, 1.54) is 6.07 Å². The minimum absolute atomic E-state index is 0.111. The predicted molar refractivity (Wildman–Crippen MR) is 121 cm³/mol. The molecule has 0 spiro atoms. The van der Waals surface area contributed by atoms with Crippen molar-refractivity contribution >= 4 is 50.6 Å². The van der Waals surface area contributed by atoms with E-state index >= 15 is 0 Å². The number of nitrogens with zero attached hydrogens (tertiary/aromatic N) is 1. The van der Waals surface area contributed by atoms with Crippen LogP contribution in [0.1, 0.15) is 5.56 Å². The van der Waals surface area contributed by atoms with E-state index in [2.05, 4.69) is 10.6 Å². The number of nitriles is 1. The zero-order valence-electron chi connectivity index (χ0n) is 17.0. The first kappa shape index (κ1) is 24.8. The van der Waals surface area contributed by atoms with Gasteiger partial charge in [0.2, 0.25) is 5.91 Å². The van der Waals surface area contributed by atoms with Crippen LogP contribution in [0.5, 0.6) is 5.75 Å². The zero-order chi connectivity index (χ0) is 24.2. The molecule has 0 radical (unpaired) electrons. The Morgan fingerprint density at radius 3 is 2.70 bits per heavy atom. The average molecular weight is 512 g/mol. The Kier molecular flexibility index (Phi) is 7.48. The summed E-state index contributed by atoms with van der Waals surface area (Å²) in [5.74, 6) is -1.53. The SMILES string of the molecule is CNCC(=O)Nc1ccc2sc(S(=O)(=O)NCP(=O)(O)Oc3ccc(C#N)c(F)c3)cc2c1. The van der Waals surface area contributed by atoms with Crippen molar-refractivity contribution < 1.29 is 31.6 Å². The van der Waals surface area contributed by atoms with Crippen LogP contribution >= 0.6 is 18.9 Å². The molecule has 0 saturated heterocycles. The van der Waals surface area contributed by atoms with Crippen molar-refractivity contribution in [3.63, 3.8) is 0 Å². The molecule has 10 nitrogen and oxygen atoms in total. The number of likely N-dealkylation sites (N-methyl/N-ethyl adjacent to an activating group) is 1. The zero-order valence-corrected chi connectivity index (χ0v) is 19.6. The summed E-state index contributed by atoms with van der Waals surface area (Å²) in [4.78, 5) is 21.7. The standard InChI is InChI=1S/C19H18FN4O6PS2/c1-22-10-18(25)24-14-3-5-17-13(6-14)7-19(32-17)33(28,29)23-11-31(26,27)30-15-4-2-12(9-21)16(20)8-15/h2-8,22-23H,10-11H2,1H3,(H,24,25)(H,26,27). The number of halogens is 1. The molecule has 14 heteroatoms. The summed E-state index contributed by atoms with van der Waals surface area (Å²) in [5, 5.41) is 14.7. The fraction of sp³-hybridized carbons (Fsp3) is 0.158. The van der Waals surface area contributed by atoms with E-state index < -0.39 is 29.7 Å². The van der Waals surface area contributed by atoms with E-state index in [1.54, 1.807) is 31.3 Å². The number of hydrogen-bond acceptors (Lipinski definition) is 8. The maximum atomic E-state index is 13.6. The molecule has 0 saturated carbocycles. The minimum atomic E-state index is -4.53. The van der Waals surface area contributed by atoms with Crippen molar-refractivity contribution in [1.29, 1.82) is 5.26 Å². The number of anilines is 1. The molecule has 4 N–H and O–H groups in total. The number of sulfonamides is 1. The van der Waals surface area contributed by atoms with Crippen LogP contribution in [-0.4, -0.2) is 39.1 Å². The van der Waals surface area contributed by atoms with Crippen LogP contribution in [0.15, 0.2) is 46.7 Å². The molecule has 1 heterocycles. The smallest absolute Gasteiger partial charge is 0.391 e. The van der Waals surface area contributed by atoms with Gasteiger partial charge in [0.05, 0.1) is 12.1 Å². The van der Waals surface area contributed by atoms with Gasteiger partial charge in [-0.1, -0.05) is 0 Å². The monoisotopic (exact) mass is 512 g/mol. The first-order chi connectivity index (χ1) is 15.5. The fourth-order valence-corrected chi connectivity index (χ4v) is 6.60. The van der Waals surface area contributed by atoms with Crippen LogP contribution in [-0.2, 0) is 19.4 Å². The fourth-order valence-electron chi connectivity index (χ4n) is 2.67. The van der Waals surface area contributed by atoms with Crippen LogP contribution < -0.4 is 19.9 Å². The molecule has 1 amide bonds. The molecule has 0 aliphatic rings. The lowest BCUT2D eigenvalue weighted by molar-refractivity contribution is -0.115. The Balaban J connectivity index is 1.71. The third-order valence-electron chi connectivity index (χ3n) is 4.14. The van der Waals surface area contributed by atoms with Gasteiger partial charge in [-0.2, -0.15) is 9.98 Å². The van der Waals surface area contributed by atoms with E-state index in [4.69, 9.17) is 9.79 Å². The molecule has 3 aromatic rings. The second-order valence-electron chi connectivity index (χ2n) is 6.68. The molecule has 1 atom stereocenters. The van der Waals surface area contributed by atoms with Crippen LogP contribution in [0.25, 0.3) is 10.1 Å². The molecule has 33 heavy (non-hydrogen) atoms. The number of fused-ring (bicyclic) bond motifs is 1. The van der Waals surface area contributed by atoms with Crippen molar-refractivity contribution in [2.75, 3.05) is 25.2 Å². The van der Waals surface area contributed by atoms with Gasteiger partial charge in [-0.05, 0) is 48.8 Å². The topological polar surface area (TPSA) is 158 Å². The number of benzene rings is 2. The number of thiophene rings is 1. The van der Waals surface area contributed by atoms with Gasteiger partial charge in [0.25, 0.3) is 10.0 Å². The molecule has 1 aromatic heterocycles. The van der Waals surface area contributed by atoms with Crippen LogP contribution in [0.3, 0.4) is 0 Å². The molecular formula is C19H18FN4O6PS2. The second kappa shape index (κ2) is 9.96. The van der Waals surface area contributed by atoms with Crippen molar-refractivity contribution in [3.05, 3.63) is 53.8 Å². The van der Waals surface area contributed by atoms with Gasteiger partial charge in [-0.3, -0.25) is 4.79 Å². The third kappa shape index (κ3) is 6.35. The number of amides is 1. The number of carbonyl (C=O) groups is 1. The Morgan fingerprint density at radius 2 is 2.03 bits per heavy atom. The first-order valence-corrected chi connectivity index (χ1v) is 13.3. The first-order valence-electron chi connectivity index (χ1n) is 9.22. The molecule has 0 fully saturated rings. The highest BCUT2D eigenvalue weighted by Crippen LogP contribution is 2.42. The van der Waals surface area contributed by atoms with Crippen molar-refractivity contribution in [2.45, 2.75) is 4.21 Å². The van der Waals surface area contributed by atoms with Crippen molar-refractivity contribution in [2.24, 2.45) is 0 Å². The van der Waals surface area contributed by atoms with Crippen molar-refractivity contribution in [3.8, 4) is 11.8 Å². The largest absolute Gasteiger partial charge is 0.424 e. The Bertz CT molecular complexity index is 1400. The molecule has 0 aliphatic carbocycles. The van der Waals surface area contributed by atoms with Crippen LogP contribution in [0.4, 0.5) is 10.1 Å². The summed E-state index contributed by atoms with van der Waals surface area (Å²) in [6.07, 6.45) is -0.962. The Labute approximate surface area is 192 Å². The average Bonchev–Trinajstić information content (AvgIpc) is 3.17. The van der Waals surface area contributed by atoms with Gasteiger partial charge < -0.3 is 20.1 Å². The summed E-state index contributed by atoms with van der Waals surface area (Å²) < 4.78 is 58.5. The van der Waals surface area contributed by atoms with Gasteiger partial charge >= 0.3 is 7.60 Å². The van der Waals surface area contributed by atoms with E-state index in [-0.39, 0.29) is 28.0 Å². The maximum Gasteiger partial charge on any atom is 0.391 e. The van der Waals surface area contributed by atoms with Gasteiger partial charge in [0, 0.05) is 16.5 Å². The molecule has 0 bridgehead atoms. The summed E-state index contributed by atoms with van der Waals surface area (Å²) in [6, 6.07) is 10.8. The molecular weight excluding hydrogens is 494 g/mol. The predicted octanol–water partition coefficient (Wildman–Crippen LogP) is 2.57. The number of nitrogens with one attached hydrogen (secondary N) is 3. The lowest BCUT2D eigenvalue weighted by Crippen LogP contribution is -2.25. The van der Waals surface area contributed by atoms with E-state index in [9.17, 15) is 27.1 Å². The summed E-state index contributed by atoms with van der Waals surface area (Å²) in [5.41, 5.74) is 0.214. The molecule has 3 rings (SSSR count). The number of hydrogen-bond donors (Lipinski definition) is 4. The number of rotatable bonds is 9.